The van der Waals surface area contributed by atoms with Crippen molar-refractivity contribution in [2.45, 2.75) is 0 Å². The molecule has 0 aliphatic carbocycles. The average Bonchev–Trinajstić information content (AvgIpc) is 1.54. The number of hydrogen-bond donors (Lipinski definition) is 0. The van der Waals surface area contributed by atoms with Crippen LogP contribution in [0.2, 0.25) is 0 Å². The lowest BCUT2D eigenvalue weighted by Crippen LogP contribution is -1.94. The zero-order valence-corrected chi connectivity index (χ0v) is 46.7. The van der Waals surface area contributed by atoms with Gasteiger partial charge in [0.05, 0.1) is 44.1 Å². The third-order valence-corrected chi connectivity index (χ3v) is 18.6. The van der Waals surface area contributed by atoms with Crippen LogP contribution in [0.4, 0.5) is 0 Å². The highest BCUT2D eigenvalue weighted by molar-refractivity contribution is 6.34. The van der Waals surface area contributed by atoms with Crippen molar-refractivity contribution in [3.8, 4) is 45.0 Å². The first kappa shape index (κ1) is 47.1. The van der Waals surface area contributed by atoms with Crippen molar-refractivity contribution in [1.29, 1.82) is 0 Å². The van der Waals surface area contributed by atoms with E-state index in [9.17, 15) is 0 Å². The minimum Gasteiger partial charge on any atom is -0.309 e. The van der Waals surface area contributed by atoms with Gasteiger partial charge < -0.3 is 18.3 Å². The number of fused-ring (bicyclic) bond motifs is 20. The maximum absolute atomic E-state index is 2.51. The normalized spacial score (nSPS) is 12.2. The zero-order valence-electron chi connectivity index (χ0n) is 46.7. The summed E-state index contributed by atoms with van der Waals surface area (Å²) in [6.45, 7) is 0. The Kier molecular flexibility index (Phi) is 9.86. The summed E-state index contributed by atoms with van der Waals surface area (Å²) in [6, 6.07) is 113. The summed E-state index contributed by atoms with van der Waals surface area (Å²) < 4.78 is 9.74. The molecule has 0 spiro atoms. The molecular weight excluding hydrogens is 1040 g/mol. The van der Waals surface area contributed by atoms with Crippen molar-refractivity contribution in [1.82, 2.24) is 18.3 Å². The number of rotatable bonds is 6. The van der Waals surface area contributed by atoms with Gasteiger partial charge in [-0.2, -0.15) is 0 Å². The van der Waals surface area contributed by atoms with Gasteiger partial charge in [-0.1, -0.05) is 170 Å². The van der Waals surface area contributed by atoms with E-state index in [2.05, 4.69) is 322 Å². The minimum atomic E-state index is 1.14. The number of benzene rings is 15. The van der Waals surface area contributed by atoms with E-state index in [4.69, 9.17) is 0 Å². The molecule has 0 unspecified atom stereocenters. The van der Waals surface area contributed by atoms with Crippen molar-refractivity contribution in [3.05, 3.63) is 303 Å². The van der Waals surface area contributed by atoms with Crippen molar-refractivity contribution >= 4 is 130 Å². The van der Waals surface area contributed by atoms with Gasteiger partial charge in [0.2, 0.25) is 0 Å². The number of aromatic nitrogens is 4. The molecule has 0 aliphatic rings. The molecule has 0 saturated carbocycles. The van der Waals surface area contributed by atoms with Gasteiger partial charge in [0.15, 0.2) is 0 Å². The molecule has 4 aromatic heterocycles. The van der Waals surface area contributed by atoms with E-state index in [1.165, 1.54) is 153 Å². The van der Waals surface area contributed by atoms with Crippen molar-refractivity contribution in [2.75, 3.05) is 0 Å². The fourth-order valence-electron chi connectivity index (χ4n) is 15.1. The molecule has 0 aliphatic heterocycles. The van der Waals surface area contributed by atoms with Gasteiger partial charge in [0, 0.05) is 76.6 Å². The second kappa shape index (κ2) is 18.0. The molecule has 4 heterocycles. The number of hydrogen-bond acceptors (Lipinski definition) is 0. The summed E-state index contributed by atoms with van der Waals surface area (Å²) in [5.41, 5.74) is 18.9. The van der Waals surface area contributed by atoms with E-state index in [-0.39, 0.29) is 0 Å². The first-order valence-corrected chi connectivity index (χ1v) is 29.7. The molecule has 19 rings (SSSR count). The smallest absolute Gasteiger partial charge is 0.0547 e. The van der Waals surface area contributed by atoms with Gasteiger partial charge in [-0.25, -0.2) is 0 Å². The Bertz CT molecular complexity index is 5670. The van der Waals surface area contributed by atoms with Crippen LogP contribution in [0.15, 0.2) is 303 Å². The molecule has 398 valence electrons. The molecule has 4 heteroatoms. The molecule has 0 atom stereocenters. The van der Waals surface area contributed by atoms with E-state index in [0.717, 1.165) is 22.7 Å². The summed E-state index contributed by atoms with van der Waals surface area (Å²) in [5.74, 6) is 0. The van der Waals surface area contributed by atoms with E-state index in [1.807, 2.05) is 0 Å². The van der Waals surface area contributed by atoms with Gasteiger partial charge in [-0.05, 0) is 188 Å². The van der Waals surface area contributed by atoms with Crippen LogP contribution in [-0.4, -0.2) is 18.3 Å². The molecule has 0 N–H and O–H groups in total. The Morgan fingerprint density at radius 3 is 0.826 bits per heavy atom. The first-order valence-electron chi connectivity index (χ1n) is 29.7. The Morgan fingerprint density at radius 2 is 0.453 bits per heavy atom. The highest BCUT2D eigenvalue weighted by Crippen LogP contribution is 2.50. The van der Waals surface area contributed by atoms with Gasteiger partial charge in [0.1, 0.15) is 0 Å². The van der Waals surface area contributed by atoms with Crippen LogP contribution in [-0.2, 0) is 0 Å². The van der Waals surface area contributed by atoms with Crippen LogP contribution in [0.25, 0.3) is 175 Å². The second-order valence-electron chi connectivity index (χ2n) is 23.1. The summed E-state index contributed by atoms with van der Waals surface area (Å²) in [7, 11) is 0. The highest BCUT2D eigenvalue weighted by Gasteiger charge is 2.24. The van der Waals surface area contributed by atoms with Crippen LogP contribution in [0.3, 0.4) is 0 Å². The molecule has 0 amide bonds. The molecule has 0 fully saturated rings. The van der Waals surface area contributed by atoms with Gasteiger partial charge in [0.25, 0.3) is 0 Å². The lowest BCUT2D eigenvalue weighted by atomic mass is 9.86. The zero-order chi connectivity index (χ0) is 56.1. The molecular formula is C82H50N4. The quantitative estimate of drug-likeness (QED) is 0.117. The molecule has 19 aromatic rings. The average molecular weight is 1090 g/mol. The summed E-state index contributed by atoms with van der Waals surface area (Å²) in [6.07, 6.45) is 0. The Morgan fingerprint density at radius 1 is 0.163 bits per heavy atom. The fourth-order valence-corrected chi connectivity index (χ4v) is 15.1. The summed E-state index contributed by atoms with van der Waals surface area (Å²) >= 11 is 0. The first-order chi connectivity index (χ1) is 42.7. The van der Waals surface area contributed by atoms with Crippen LogP contribution in [0.1, 0.15) is 0 Å². The monoisotopic (exact) mass is 1090 g/mol. The van der Waals surface area contributed by atoms with E-state index in [1.54, 1.807) is 0 Å². The van der Waals surface area contributed by atoms with Crippen LogP contribution < -0.4 is 0 Å². The van der Waals surface area contributed by atoms with Gasteiger partial charge >= 0.3 is 0 Å². The molecule has 4 nitrogen and oxygen atoms in total. The number of nitrogens with zero attached hydrogens (tertiary/aromatic N) is 4. The van der Waals surface area contributed by atoms with Gasteiger partial charge in [-0.15, -0.1) is 0 Å². The second-order valence-corrected chi connectivity index (χ2v) is 23.1. The van der Waals surface area contributed by atoms with Crippen molar-refractivity contribution in [3.63, 3.8) is 0 Å². The molecule has 86 heavy (non-hydrogen) atoms. The number of para-hydroxylation sites is 8. The van der Waals surface area contributed by atoms with E-state index < -0.39 is 0 Å². The lowest BCUT2D eigenvalue weighted by molar-refractivity contribution is 1.18. The third-order valence-electron chi connectivity index (χ3n) is 18.6. The molecule has 0 bridgehead atoms. The molecule has 0 radical (unpaired) electrons. The van der Waals surface area contributed by atoms with Gasteiger partial charge in [-0.3, -0.25) is 0 Å². The fraction of sp³-hybridized carbons (Fsp3) is 0. The maximum atomic E-state index is 2.51. The highest BCUT2D eigenvalue weighted by atomic mass is 15.0. The third kappa shape index (κ3) is 6.64. The summed E-state index contributed by atoms with van der Waals surface area (Å²) in [5, 5.41) is 19.7. The predicted octanol–water partition coefficient (Wildman–Crippen LogP) is 22.0. The van der Waals surface area contributed by atoms with E-state index >= 15 is 0 Å². The SMILES string of the molecule is c1ccc(-n2c3ccccc3c3cc(-c4cc5cc6c(cc(-c7ccc8c(c7)c7ccccc7n8-c7ccccc7)c7c6ccc6c7c7ccccc7n6-c6ccccc6)cc5c5ccc6c(c7ccccc7n6-c6ccccc6)c45)ccc32)cc1. The Balaban J connectivity index is 0.951. The minimum absolute atomic E-state index is 1.14. The van der Waals surface area contributed by atoms with Crippen LogP contribution in [0.5, 0.6) is 0 Å². The topological polar surface area (TPSA) is 19.7 Å². The standard InChI is InChI=1S/C82H50N4/c1-5-21-55(22-6-1)83-71-33-17-13-29-59(71)69-45-51(37-41-75(69)83)67-49-53-47-66-54(48-65(53)61-39-43-77-81(79(61)67)63-31-15-19-35-73(63)85(77)57-25-9-3-10-26-57)50-68(52-38-42-76-70(46-52)60-30-14-18-34-72(60)84(76)56-23-7-2-8-24-56)80-62(66)40-44-78-82(80)64-32-16-20-36-74(64)86(78)58-27-11-4-12-28-58/h1-50H. The van der Waals surface area contributed by atoms with Crippen molar-refractivity contribution in [2.24, 2.45) is 0 Å². The lowest BCUT2D eigenvalue weighted by Gasteiger charge is -2.17. The Hall–Kier alpha value is -11.5. The predicted molar refractivity (Wildman–Crippen MR) is 365 cm³/mol. The Labute approximate surface area is 494 Å². The van der Waals surface area contributed by atoms with Crippen molar-refractivity contribution < 1.29 is 0 Å². The maximum Gasteiger partial charge on any atom is 0.0547 e. The molecule has 15 aromatic carbocycles. The summed E-state index contributed by atoms with van der Waals surface area (Å²) in [4.78, 5) is 0. The largest absolute Gasteiger partial charge is 0.309 e. The van der Waals surface area contributed by atoms with Crippen LogP contribution in [0, 0.1) is 0 Å². The van der Waals surface area contributed by atoms with Crippen LogP contribution >= 0.6 is 0 Å². The molecule has 0 saturated heterocycles. The van der Waals surface area contributed by atoms with E-state index in [0.29, 0.717) is 0 Å².